The van der Waals surface area contributed by atoms with Crippen LogP contribution in [0.4, 0.5) is 0 Å². The Morgan fingerprint density at radius 1 is 1.29 bits per heavy atom. The molecule has 0 aromatic heterocycles. The summed E-state index contributed by atoms with van der Waals surface area (Å²) in [6.45, 7) is 2.34. The fourth-order valence-electron chi connectivity index (χ4n) is 1.15. The average Bonchev–Trinajstić information content (AvgIpc) is 2.28. The summed E-state index contributed by atoms with van der Waals surface area (Å²) < 4.78 is 16.9. The zero-order valence-electron chi connectivity index (χ0n) is 9.46. The zero-order valence-corrected chi connectivity index (χ0v) is 13.8. The molecule has 0 spiro atoms. The molecule has 94 valence electrons. The van der Waals surface area contributed by atoms with Gasteiger partial charge in [0.05, 0.1) is 19.3 Å². The first kappa shape index (κ1) is 15.0. The van der Waals surface area contributed by atoms with Crippen LogP contribution in [0.25, 0.3) is 0 Å². The third-order valence-electron chi connectivity index (χ3n) is 1.83. The number of benzene rings is 1. The van der Waals surface area contributed by atoms with Gasteiger partial charge >= 0.3 is 5.97 Å². The predicted molar refractivity (Wildman–Crippen MR) is 80.3 cm³/mol. The van der Waals surface area contributed by atoms with Gasteiger partial charge < -0.3 is 14.2 Å². The summed E-state index contributed by atoms with van der Waals surface area (Å²) in [5.74, 6) is 0.405. The molecule has 0 atom stereocenters. The van der Waals surface area contributed by atoms with E-state index < -0.39 is 0 Å². The standard InChI is InChI=1S/C11H12I2O4/c1-3-16-11(14)7-4-8(12)10(9(13)5-7)17-6-15-2/h4-5H,3,6H2,1-2H3. The maximum absolute atomic E-state index is 11.6. The summed E-state index contributed by atoms with van der Waals surface area (Å²) in [4.78, 5) is 11.6. The largest absolute Gasteiger partial charge is 0.465 e. The Bertz CT molecular complexity index is 383. The Balaban J connectivity index is 2.96. The average molecular weight is 462 g/mol. The fraction of sp³-hybridized carbons (Fsp3) is 0.364. The number of rotatable bonds is 5. The number of ether oxygens (including phenoxy) is 3. The summed E-state index contributed by atoms with van der Waals surface area (Å²) in [7, 11) is 1.56. The number of esters is 1. The van der Waals surface area contributed by atoms with Gasteiger partial charge in [-0.2, -0.15) is 0 Å². The van der Waals surface area contributed by atoms with Crippen molar-refractivity contribution in [3.05, 3.63) is 24.8 Å². The normalized spacial score (nSPS) is 10.1. The second kappa shape index (κ2) is 7.37. The first-order valence-electron chi connectivity index (χ1n) is 4.88. The Morgan fingerprint density at radius 3 is 2.35 bits per heavy atom. The predicted octanol–water partition coefficient (Wildman–Crippen LogP) is 3.06. The lowest BCUT2D eigenvalue weighted by Crippen LogP contribution is -2.07. The summed E-state index contributed by atoms with van der Waals surface area (Å²) in [6.07, 6.45) is 0. The van der Waals surface area contributed by atoms with Crippen molar-refractivity contribution in [2.45, 2.75) is 6.92 Å². The van der Waals surface area contributed by atoms with Crippen molar-refractivity contribution in [1.82, 2.24) is 0 Å². The third-order valence-corrected chi connectivity index (χ3v) is 3.43. The van der Waals surface area contributed by atoms with Crippen LogP contribution in [0.1, 0.15) is 17.3 Å². The van der Waals surface area contributed by atoms with Gasteiger partial charge in [-0.1, -0.05) is 0 Å². The minimum Gasteiger partial charge on any atom is -0.465 e. The first-order chi connectivity index (χ1) is 8.10. The molecular weight excluding hydrogens is 450 g/mol. The molecule has 0 heterocycles. The van der Waals surface area contributed by atoms with Crippen LogP contribution in [0.5, 0.6) is 5.75 Å². The van der Waals surface area contributed by atoms with Crippen molar-refractivity contribution in [2.24, 2.45) is 0 Å². The van der Waals surface area contributed by atoms with E-state index in [0.717, 1.165) is 12.9 Å². The molecular formula is C11H12I2O4. The van der Waals surface area contributed by atoms with Gasteiger partial charge in [-0.3, -0.25) is 0 Å². The Hall–Kier alpha value is -0.0900. The molecule has 0 radical (unpaired) electrons. The molecule has 0 aliphatic rings. The van der Waals surface area contributed by atoms with Crippen molar-refractivity contribution >= 4 is 51.2 Å². The lowest BCUT2D eigenvalue weighted by Gasteiger charge is -2.11. The highest BCUT2D eigenvalue weighted by molar-refractivity contribution is 14.1. The van der Waals surface area contributed by atoms with Crippen LogP contribution in [0.15, 0.2) is 12.1 Å². The molecule has 1 aromatic carbocycles. The highest BCUT2D eigenvalue weighted by atomic mass is 127. The summed E-state index contributed by atoms with van der Waals surface area (Å²) in [5, 5.41) is 0. The SMILES string of the molecule is CCOC(=O)c1cc(I)c(OCOC)c(I)c1. The van der Waals surface area contributed by atoms with E-state index in [1.54, 1.807) is 26.2 Å². The van der Waals surface area contributed by atoms with Crippen molar-refractivity contribution < 1.29 is 19.0 Å². The Labute approximate surface area is 127 Å². The van der Waals surface area contributed by atoms with Crippen molar-refractivity contribution in [1.29, 1.82) is 0 Å². The molecule has 0 fully saturated rings. The summed E-state index contributed by atoms with van der Waals surface area (Å²) in [6, 6.07) is 3.48. The van der Waals surface area contributed by atoms with Gasteiger partial charge in [-0.05, 0) is 64.2 Å². The van der Waals surface area contributed by atoms with E-state index >= 15 is 0 Å². The van der Waals surface area contributed by atoms with Crippen LogP contribution in [-0.2, 0) is 9.47 Å². The van der Waals surface area contributed by atoms with Gasteiger partial charge in [0.2, 0.25) is 0 Å². The van der Waals surface area contributed by atoms with Crippen LogP contribution in [0.2, 0.25) is 0 Å². The topological polar surface area (TPSA) is 44.8 Å². The smallest absolute Gasteiger partial charge is 0.338 e. The van der Waals surface area contributed by atoms with Crippen LogP contribution in [0.3, 0.4) is 0 Å². The monoisotopic (exact) mass is 462 g/mol. The molecule has 4 nitrogen and oxygen atoms in total. The van der Waals surface area contributed by atoms with E-state index in [9.17, 15) is 4.79 Å². The first-order valence-corrected chi connectivity index (χ1v) is 7.03. The molecule has 6 heteroatoms. The van der Waals surface area contributed by atoms with Gasteiger partial charge in [0.15, 0.2) is 6.79 Å². The summed E-state index contributed by atoms with van der Waals surface area (Å²) >= 11 is 4.24. The number of hydrogen-bond acceptors (Lipinski definition) is 4. The molecule has 0 amide bonds. The molecule has 1 rings (SSSR count). The van der Waals surface area contributed by atoms with E-state index in [2.05, 4.69) is 45.2 Å². The van der Waals surface area contributed by atoms with Crippen LogP contribution in [-0.4, -0.2) is 26.5 Å². The van der Waals surface area contributed by atoms with Crippen LogP contribution < -0.4 is 4.74 Å². The van der Waals surface area contributed by atoms with E-state index in [4.69, 9.17) is 14.2 Å². The molecule has 0 aliphatic heterocycles. The van der Waals surface area contributed by atoms with Crippen LogP contribution in [0, 0.1) is 7.14 Å². The van der Waals surface area contributed by atoms with Gasteiger partial charge in [-0.15, -0.1) is 0 Å². The zero-order chi connectivity index (χ0) is 12.8. The molecule has 0 bridgehead atoms. The lowest BCUT2D eigenvalue weighted by atomic mass is 10.2. The third kappa shape index (κ3) is 4.25. The molecule has 0 unspecified atom stereocenters. The number of carbonyl (C=O) groups is 1. The quantitative estimate of drug-likeness (QED) is 0.384. The second-order valence-corrected chi connectivity index (χ2v) is 5.36. The minimum atomic E-state index is -0.318. The van der Waals surface area contributed by atoms with Gasteiger partial charge in [0, 0.05) is 7.11 Å². The maximum atomic E-state index is 11.6. The second-order valence-electron chi connectivity index (χ2n) is 3.04. The van der Waals surface area contributed by atoms with E-state index in [1.807, 2.05) is 0 Å². The Kier molecular flexibility index (Phi) is 6.49. The van der Waals surface area contributed by atoms with E-state index in [1.165, 1.54) is 0 Å². The van der Waals surface area contributed by atoms with E-state index in [0.29, 0.717) is 12.2 Å². The maximum Gasteiger partial charge on any atom is 0.338 e. The molecule has 1 aromatic rings. The number of carbonyl (C=O) groups excluding carboxylic acids is 1. The molecule has 0 aliphatic carbocycles. The number of methoxy groups -OCH3 is 1. The highest BCUT2D eigenvalue weighted by Crippen LogP contribution is 2.29. The van der Waals surface area contributed by atoms with Gasteiger partial charge in [0.1, 0.15) is 5.75 Å². The van der Waals surface area contributed by atoms with Crippen molar-refractivity contribution in [3.8, 4) is 5.75 Å². The van der Waals surface area contributed by atoms with Crippen molar-refractivity contribution in [3.63, 3.8) is 0 Å². The molecule has 0 saturated heterocycles. The van der Waals surface area contributed by atoms with E-state index in [-0.39, 0.29) is 12.8 Å². The van der Waals surface area contributed by atoms with Gasteiger partial charge in [0.25, 0.3) is 0 Å². The minimum absolute atomic E-state index is 0.185. The number of hydrogen-bond donors (Lipinski definition) is 0. The van der Waals surface area contributed by atoms with Gasteiger partial charge in [-0.25, -0.2) is 4.79 Å². The lowest BCUT2D eigenvalue weighted by molar-refractivity contribution is 0.0496. The summed E-state index contributed by atoms with van der Waals surface area (Å²) in [5.41, 5.74) is 0.533. The number of halogens is 2. The fourth-order valence-corrected chi connectivity index (χ4v) is 3.23. The van der Waals surface area contributed by atoms with Crippen LogP contribution >= 0.6 is 45.2 Å². The Morgan fingerprint density at radius 2 is 1.88 bits per heavy atom. The van der Waals surface area contributed by atoms with Crippen molar-refractivity contribution in [2.75, 3.05) is 20.5 Å². The highest BCUT2D eigenvalue weighted by Gasteiger charge is 2.14. The molecule has 0 N–H and O–H groups in total. The molecule has 17 heavy (non-hydrogen) atoms. The molecule has 0 saturated carbocycles.